The number of hydrogen-bond acceptors (Lipinski definition) is 6. The Labute approximate surface area is 103 Å². The summed E-state index contributed by atoms with van der Waals surface area (Å²) in [5.74, 6) is 0. The summed E-state index contributed by atoms with van der Waals surface area (Å²) in [6, 6.07) is 0. The topological polar surface area (TPSA) is 88.3 Å². The van der Waals surface area contributed by atoms with Gasteiger partial charge in [-0.05, 0) is 24.2 Å². The Hall–Kier alpha value is -1.21. The molecule has 0 bridgehead atoms. The molecule has 0 atom stereocenters. The fourth-order valence-corrected chi connectivity index (χ4v) is 2.69. The Bertz CT molecular complexity index is 401. The molecule has 1 saturated carbocycles. The third-order valence-electron chi connectivity index (χ3n) is 3.03. The lowest BCUT2D eigenvalue weighted by Crippen LogP contribution is -2.38. The second-order valence-corrected chi connectivity index (χ2v) is 5.41. The highest BCUT2D eigenvalue weighted by molar-refractivity contribution is 7.18. The van der Waals surface area contributed by atoms with E-state index in [4.69, 9.17) is 0 Å². The molecule has 1 fully saturated rings. The summed E-state index contributed by atoms with van der Waals surface area (Å²) in [7, 11) is 0. The molecule has 1 aromatic rings. The van der Waals surface area contributed by atoms with E-state index in [2.05, 4.69) is 10.3 Å². The van der Waals surface area contributed by atoms with Crippen LogP contribution in [-0.4, -0.2) is 27.2 Å². The first kappa shape index (κ1) is 12.3. The molecule has 1 aliphatic carbocycles. The molecule has 0 aromatic carbocycles. The van der Waals surface area contributed by atoms with Gasteiger partial charge in [-0.25, -0.2) is 4.98 Å². The van der Waals surface area contributed by atoms with Gasteiger partial charge in [0.1, 0.15) is 6.20 Å². The van der Waals surface area contributed by atoms with Gasteiger partial charge in [-0.3, -0.25) is 10.1 Å². The second kappa shape index (κ2) is 4.97. The van der Waals surface area contributed by atoms with Crippen LogP contribution in [0.25, 0.3) is 0 Å². The summed E-state index contributed by atoms with van der Waals surface area (Å²) >= 11 is 0.996. The molecule has 0 aliphatic heterocycles. The van der Waals surface area contributed by atoms with Gasteiger partial charge in [0.25, 0.3) is 0 Å². The van der Waals surface area contributed by atoms with Crippen molar-refractivity contribution < 1.29 is 10.0 Å². The number of thiazole rings is 1. The SMILES string of the molecule is O=[N+]([O-])c1cnc(NCC2(O)CCCCC2)s1. The first-order valence-corrected chi connectivity index (χ1v) is 6.47. The molecule has 0 radical (unpaired) electrons. The predicted octanol–water partition coefficient (Wildman–Crippen LogP) is 2.16. The van der Waals surface area contributed by atoms with Gasteiger partial charge in [0.2, 0.25) is 0 Å². The van der Waals surface area contributed by atoms with E-state index in [0.29, 0.717) is 11.7 Å². The molecular formula is C10H15N3O3S. The van der Waals surface area contributed by atoms with Crippen LogP contribution in [0.4, 0.5) is 10.1 Å². The lowest BCUT2D eigenvalue weighted by molar-refractivity contribution is -0.380. The molecule has 94 valence electrons. The number of nitro groups is 1. The van der Waals surface area contributed by atoms with E-state index >= 15 is 0 Å². The standard InChI is InChI=1S/C10H15N3O3S/c14-10(4-2-1-3-5-10)7-12-9-11-6-8(17-9)13(15)16/h6,14H,1-5,7H2,(H,11,12). The highest BCUT2D eigenvalue weighted by Gasteiger charge is 2.29. The van der Waals surface area contributed by atoms with Crippen LogP contribution in [0, 0.1) is 10.1 Å². The molecule has 2 N–H and O–H groups in total. The normalized spacial score (nSPS) is 18.9. The molecule has 0 spiro atoms. The first-order chi connectivity index (χ1) is 8.09. The molecule has 6 nitrogen and oxygen atoms in total. The third kappa shape index (κ3) is 3.13. The van der Waals surface area contributed by atoms with Crippen molar-refractivity contribution in [2.45, 2.75) is 37.7 Å². The number of nitrogens with zero attached hydrogens (tertiary/aromatic N) is 2. The van der Waals surface area contributed by atoms with E-state index in [1.165, 1.54) is 12.6 Å². The van der Waals surface area contributed by atoms with E-state index in [9.17, 15) is 15.2 Å². The fourth-order valence-electron chi connectivity index (χ4n) is 2.06. The lowest BCUT2D eigenvalue weighted by Gasteiger charge is -2.31. The predicted molar refractivity (Wildman–Crippen MR) is 65.3 cm³/mol. The van der Waals surface area contributed by atoms with Crippen molar-refractivity contribution in [3.05, 3.63) is 16.3 Å². The van der Waals surface area contributed by atoms with Gasteiger partial charge in [-0.1, -0.05) is 19.3 Å². The second-order valence-electron chi connectivity index (χ2n) is 4.40. The minimum absolute atomic E-state index is 0.0168. The van der Waals surface area contributed by atoms with E-state index in [0.717, 1.165) is 37.0 Å². The zero-order valence-electron chi connectivity index (χ0n) is 9.39. The first-order valence-electron chi connectivity index (χ1n) is 5.66. The van der Waals surface area contributed by atoms with Crippen LogP contribution < -0.4 is 5.32 Å². The van der Waals surface area contributed by atoms with E-state index in [-0.39, 0.29) is 5.00 Å². The molecule has 17 heavy (non-hydrogen) atoms. The van der Waals surface area contributed by atoms with Crippen molar-refractivity contribution in [3.8, 4) is 0 Å². The minimum Gasteiger partial charge on any atom is -0.388 e. The van der Waals surface area contributed by atoms with Gasteiger partial charge in [0, 0.05) is 6.54 Å². The molecular weight excluding hydrogens is 242 g/mol. The molecule has 0 amide bonds. The molecule has 1 aromatic heterocycles. The van der Waals surface area contributed by atoms with Crippen LogP contribution in [0.15, 0.2) is 6.20 Å². The summed E-state index contributed by atoms with van der Waals surface area (Å²) in [5, 5.41) is 24.2. The van der Waals surface area contributed by atoms with Crippen molar-refractivity contribution in [2.24, 2.45) is 0 Å². The van der Waals surface area contributed by atoms with Crippen LogP contribution in [0.5, 0.6) is 0 Å². The van der Waals surface area contributed by atoms with Gasteiger partial charge in [-0.2, -0.15) is 0 Å². The zero-order valence-corrected chi connectivity index (χ0v) is 10.2. The Balaban J connectivity index is 1.90. The molecule has 7 heteroatoms. The average Bonchev–Trinajstić information content (AvgIpc) is 2.76. The number of nitrogens with one attached hydrogen (secondary N) is 1. The largest absolute Gasteiger partial charge is 0.388 e. The summed E-state index contributed by atoms with van der Waals surface area (Å²) in [6.07, 6.45) is 6.05. The highest BCUT2D eigenvalue weighted by atomic mass is 32.1. The monoisotopic (exact) mass is 257 g/mol. The number of rotatable bonds is 4. The van der Waals surface area contributed by atoms with Gasteiger partial charge >= 0.3 is 5.00 Å². The Kier molecular flexibility index (Phi) is 3.58. The van der Waals surface area contributed by atoms with E-state index in [1.54, 1.807) is 0 Å². The summed E-state index contributed by atoms with van der Waals surface area (Å²) < 4.78 is 0. The smallest absolute Gasteiger partial charge is 0.345 e. The number of hydrogen-bond donors (Lipinski definition) is 2. The minimum atomic E-state index is -0.682. The van der Waals surface area contributed by atoms with E-state index < -0.39 is 10.5 Å². The maximum absolute atomic E-state index is 10.5. The third-order valence-corrected chi connectivity index (χ3v) is 3.93. The van der Waals surface area contributed by atoms with Crippen molar-refractivity contribution in [1.82, 2.24) is 4.98 Å². The van der Waals surface area contributed by atoms with Crippen LogP contribution in [0.2, 0.25) is 0 Å². The van der Waals surface area contributed by atoms with Crippen LogP contribution >= 0.6 is 11.3 Å². The molecule has 2 rings (SSSR count). The fraction of sp³-hybridized carbons (Fsp3) is 0.700. The number of anilines is 1. The van der Waals surface area contributed by atoms with Crippen molar-refractivity contribution in [1.29, 1.82) is 0 Å². The van der Waals surface area contributed by atoms with Crippen LogP contribution in [-0.2, 0) is 0 Å². The zero-order chi connectivity index (χ0) is 12.3. The Morgan fingerprint density at radius 2 is 2.24 bits per heavy atom. The Morgan fingerprint density at radius 3 is 2.82 bits per heavy atom. The molecule has 1 heterocycles. The lowest BCUT2D eigenvalue weighted by atomic mass is 9.85. The van der Waals surface area contributed by atoms with Crippen molar-refractivity contribution in [3.63, 3.8) is 0 Å². The van der Waals surface area contributed by atoms with Gasteiger partial charge in [0.05, 0.1) is 10.5 Å². The Morgan fingerprint density at radius 1 is 1.53 bits per heavy atom. The highest BCUT2D eigenvalue weighted by Crippen LogP contribution is 2.30. The molecule has 0 unspecified atom stereocenters. The van der Waals surface area contributed by atoms with Crippen molar-refractivity contribution in [2.75, 3.05) is 11.9 Å². The summed E-state index contributed by atoms with van der Waals surface area (Å²) in [6.45, 7) is 0.414. The van der Waals surface area contributed by atoms with Gasteiger partial charge in [0.15, 0.2) is 5.13 Å². The van der Waals surface area contributed by atoms with Gasteiger partial charge in [-0.15, -0.1) is 0 Å². The van der Waals surface area contributed by atoms with Crippen LogP contribution in [0.3, 0.4) is 0 Å². The van der Waals surface area contributed by atoms with Crippen LogP contribution in [0.1, 0.15) is 32.1 Å². The quantitative estimate of drug-likeness (QED) is 0.637. The van der Waals surface area contributed by atoms with E-state index in [1.807, 2.05) is 0 Å². The van der Waals surface area contributed by atoms with Gasteiger partial charge < -0.3 is 10.4 Å². The molecule has 1 aliphatic rings. The summed E-state index contributed by atoms with van der Waals surface area (Å²) in [5.41, 5.74) is -0.682. The maximum atomic E-state index is 10.5. The number of aromatic nitrogens is 1. The number of aliphatic hydroxyl groups is 1. The maximum Gasteiger partial charge on any atom is 0.345 e. The molecule has 0 saturated heterocycles. The average molecular weight is 257 g/mol. The summed E-state index contributed by atoms with van der Waals surface area (Å²) in [4.78, 5) is 13.9. The van der Waals surface area contributed by atoms with Crippen molar-refractivity contribution >= 4 is 21.5 Å².